The van der Waals surface area contributed by atoms with Gasteiger partial charge in [-0.25, -0.2) is 0 Å². The summed E-state index contributed by atoms with van der Waals surface area (Å²) >= 11 is 0. The Morgan fingerprint density at radius 3 is 1.20 bits per heavy atom. The molecule has 0 aliphatic rings. The Morgan fingerprint density at radius 1 is 0.475 bits per heavy atom. The first-order valence-corrected chi connectivity index (χ1v) is 12.3. The zero-order valence-electron chi connectivity index (χ0n) is 21.2. The van der Waals surface area contributed by atoms with Gasteiger partial charge in [0.05, 0.1) is 12.8 Å². The van der Waals surface area contributed by atoms with Gasteiger partial charge in [0.2, 0.25) is 0 Å². The molecule has 4 aromatic carbocycles. The van der Waals surface area contributed by atoms with Gasteiger partial charge < -0.3 is 29.9 Å². The molecule has 0 spiro atoms. The van der Waals surface area contributed by atoms with E-state index in [0.717, 1.165) is 11.1 Å². The fourth-order valence-electron chi connectivity index (χ4n) is 3.65. The third kappa shape index (κ3) is 8.53. The lowest BCUT2D eigenvalue weighted by Gasteiger charge is -2.08. The molecule has 0 saturated heterocycles. The molecule has 0 unspecified atom stereocenters. The molecule has 0 saturated carbocycles. The van der Waals surface area contributed by atoms with E-state index >= 15 is 0 Å². The second-order valence-electron chi connectivity index (χ2n) is 8.82. The normalized spacial score (nSPS) is 11.1. The molecule has 0 aromatic heterocycles. The largest absolute Gasteiger partial charge is 0.508 e. The van der Waals surface area contributed by atoms with Gasteiger partial charge in [0, 0.05) is 12.1 Å². The van der Waals surface area contributed by atoms with Crippen LogP contribution in [0.4, 0.5) is 0 Å². The van der Waals surface area contributed by atoms with Crippen molar-refractivity contribution in [2.45, 2.75) is 12.8 Å². The van der Waals surface area contributed by atoms with Crippen LogP contribution < -0.4 is 9.47 Å². The molecule has 0 radical (unpaired) electrons. The molecule has 8 nitrogen and oxygen atoms in total. The van der Waals surface area contributed by atoms with Gasteiger partial charge in [0.1, 0.15) is 34.5 Å². The summed E-state index contributed by atoms with van der Waals surface area (Å²) in [5.41, 5.74) is 2.81. The maximum absolute atomic E-state index is 12.3. The Bertz CT molecular complexity index is 1430. The maximum atomic E-state index is 12.3. The standard InChI is InChI=1S/C32H26O8/c33-25-9-5-21(6-10-25)1-3-23-15-27(35)19-29(17-23)39-31(37)13-14-32(38)40-30-18-24(16-28(36)20-30)4-2-22-7-11-26(34)12-8-22/h1-12,15-20,33-36H,13-14H2/b3-1+,4-2+. The highest BCUT2D eigenvalue weighted by Crippen LogP contribution is 2.26. The van der Waals surface area contributed by atoms with E-state index in [-0.39, 0.29) is 47.3 Å². The third-order valence-electron chi connectivity index (χ3n) is 5.55. The van der Waals surface area contributed by atoms with Crippen LogP contribution in [-0.2, 0) is 9.59 Å². The molecule has 8 heteroatoms. The van der Waals surface area contributed by atoms with E-state index in [1.165, 1.54) is 24.3 Å². The summed E-state index contributed by atoms with van der Waals surface area (Å²) in [6, 6.07) is 21.8. The smallest absolute Gasteiger partial charge is 0.311 e. The number of carbonyl (C=O) groups is 2. The number of phenolic OH excluding ortho intramolecular Hbond substituents is 4. The van der Waals surface area contributed by atoms with Gasteiger partial charge in [-0.3, -0.25) is 9.59 Å². The van der Waals surface area contributed by atoms with Gasteiger partial charge in [-0.05, 0) is 70.8 Å². The summed E-state index contributed by atoms with van der Waals surface area (Å²) in [7, 11) is 0. The highest BCUT2D eigenvalue weighted by atomic mass is 16.5. The van der Waals surface area contributed by atoms with Crippen molar-refractivity contribution in [3.63, 3.8) is 0 Å². The number of hydrogen-bond donors (Lipinski definition) is 4. The first-order chi connectivity index (χ1) is 19.2. The molecule has 202 valence electrons. The number of benzene rings is 4. The Balaban J connectivity index is 1.31. The minimum Gasteiger partial charge on any atom is -0.508 e. The van der Waals surface area contributed by atoms with Gasteiger partial charge in [-0.15, -0.1) is 0 Å². The van der Waals surface area contributed by atoms with Crippen molar-refractivity contribution in [1.29, 1.82) is 0 Å². The Hall–Kier alpha value is -5.50. The van der Waals surface area contributed by atoms with Crippen LogP contribution >= 0.6 is 0 Å². The molecular weight excluding hydrogens is 512 g/mol. The van der Waals surface area contributed by atoms with Crippen LogP contribution in [0.15, 0.2) is 84.9 Å². The first kappa shape index (κ1) is 27.5. The quantitative estimate of drug-likeness (QED) is 0.113. The second kappa shape index (κ2) is 12.8. The zero-order chi connectivity index (χ0) is 28.5. The average molecular weight is 539 g/mol. The molecular formula is C32H26O8. The lowest BCUT2D eigenvalue weighted by molar-refractivity contribution is -0.140. The second-order valence-corrected chi connectivity index (χ2v) is 8.82. The lowest BCUT2D eigenvalue weighted by Crippen LogP contribution is -2.14. The van der Waals surface area contributed by atoms with E-state index in [9.17, 15) is 30.0 Å². The van der Waals surface area contributed by atoms with E-state index < -0.39 is 11.9 Å². The zero-order valence-corrected chi connectivity index (χ0v) is 21.2. The summed E-state index contributed by atoms with van der Waals surface area (Å²) in [5, 5.41) is 38.8. The van der Waals surface area contributed by atoms with Gasteiger partial charge in [0.15, 0.2) is 0 Å². The molecule has 4 aromatic rings. The monoisotopic (exact) mass is 538 g/mol. The van der Waals surface area contributed by atoms with Crippen LogP contribution in [0.2, 0.25) is 0 Å². The van der Waals surface area contributed by atoms with Crippen LogP contribution in [-0.4, -0.2) is 32.4 Å². The molecule has 0 aliphatic heterocycles. The first-order valence-electron chi connectivity index (χ1n) is 12.3. The molecule has 4 N–H and O–H groups in total. The fourth-order valence-corrected chi connectivity index (χ4v) is 3.65. The molecule has 40 heavy (non-hydrogen) atoms. The van der Waals surface area contributed by atoms with Gasteiger partial charge in [-0.1, -0.05) is 48.6 Å². The van der Waals surface area contributed by atoms with Gasteiger partial charge >= 0.3 is 11.9 Å². The topological polar surface area (TPSA) is 134 Å². The highest BCUT2D eigenvalue weighted by Gasteiger charge is 2.13. The van der Waals surface area contributed by atoms with Gasteiger partial charge in [0.25, 0.3) is 0 Å². The highest BCUT2D eigenvalue weighted by molar-refractivity contribution is 5.81. The van der Waals surface area contributed by atoms with Crippen molar-refractivity contribution in [1.82, 2.24) is 0 Å². The van der Waals surface area contributed by atoms with Crippen LogP contribution in [0.5, 0.6) is 34.5 Å². The lowest BCUT2D eigenvalue weighted by atomic mass is 10.1. The number of hydrogen-bond acceptors (Lipinski definition) is 8. The van der Waals surface area contributed by atoms with Crippen LogP contribution in [0.3, 0.4) is 0 Å². The van der Waals surface area contributed by atoms with Crippen LogP contribution in [0.25, 0.3) is 24.3 Å². The number of phenols is 4. The minimum absolute atomic E-state index is 0.103. The summed E-state index contributed by atoms with van der Waals surface area (Å²) in [4.78, 5) is 24.7. The Labute approximate surface area is 230 Å². The SMILES string of the molecule is O=C(CCC(=O)Oc1cc(O)cc(/C=C/c2ccc(O)cc2)c1)Oc1cc(O)cc(/C=C/c2ccc(O)cc2)c1. The van der Waals surface area contributed by atoms with Gasteiger partial charge in [-0.2, -0.15) is 0 Å². The Morgan fingerprint density at radius 2 is 0.825 bits per heavy atom. The summed E-state index contributed by atoms with van der Waals surface area (Å²) in [6.07, 6.45) is 6.44. The minimum atomic E-state index is -0.690. The van der Waals surface area contributed by atoms with E-state index in [0.29, 0.717) is 11.1 Å². The molecule has 0 heterocycles. The maximum Gasteiger partial charge on any atom is 0.311 e. The average Bonchev–Trinajstić information content (AvgIpc) is 2.91. The van der Waals surface area contributed by atoms with E-state index in [1.807, 2.05) is 0 Å². The molecule has 0 aliphatic carbocycles. The molecule has 4 rings (SSSR count). The van der Waals surface area contributed by atoms with Crippen molar-refractivity contribution in [3.8, 4) is 34.5 Å². The van der Waals surface area contributed by atoms with Crippen LogP contribution in [0, 0.1) is 0 Å². The van der Waals surface area contributed by atoms with Crippen molar-refractivity contribution in [2.24, 2.45) is 0 Å². The Kier molecular flexibility index (Phi) is 8.84. The number of rotatable bonds is 9. The number of esters is 2. The number of aromatic hydroxyl groups is 4. The van der Waals surface area contributed by atoms with Crippen molar-refractivity contribution < 1.29 is 39.5 Å². The summed E-state index contributed by atoms with van der Waals surface area (Å²) < 4.78 is 10.6. The van der Waals surface area contributed by atoms with E-state index in [2.05, 4.69) is 0 Å². The fraction of sp³-hybridized carbons (Fsp3) is 0.0625. The number of carbonyl (C=O) groups excluding carboxylic acids is 2. The van der Waals surface area contributed by atoms with Crippen molar-refractivity contribution >= 4 is 36.2 Å². The predicted octanol–water partition coefficient (Wildman–Crippen LogP) is 6.14. The molecule has 0 amide bonds. The molecule has 0 fully saturated rings. The van der Waals surface area contributed by atoms with E-state index in [1.54, 1.807) is 85.0 Å². The van der Waals surface area contributed by atoms with Crippen LogP contribution in [0.1, 0.15) is 35.1 Å². The summed E-state index contributed by atoms with van der Waals surface area (Å²) in [6.45, 7) is 0. The predicted molar refractivity (Wildman–Crippen MR) is 151 cm³/mol. The van der Waals surface area contributed by atoms with Crippen molar-refractivity contribution in [3.05, 3.63) is 107 Å². The molecule has 0 atom stereocenters. The summed E-state index contributed by atoms with van der Waals surface area (Å²) in [5.74, 6) is -1.06. The van der Waals surface area contributed by atoms with E-state index in [4.69, 9.17) is 9.47 Å². The third-order valence-corrected chi connectivity index (χ3v) is 5.55. The molecule has 0 bridgehead atoms. The van der Waals surface area contributed by atoms with Crippen molar-refractivity contribution in [2.75, 3.05) is 0 Å². The number of ether oxygens (including phenoxy) is 2.